The fourth-order valence-corrected chi connectivity index (χ4v) is 3.11. The average molecular weight is 276 g/mol. The van der Waals surface area contributed by atoms with Crippen LogP contribution in [0.1, 0.15) is 30.5 Å². The summed E-state index contributed by atoms with van der Waals surface area (Å²) in [5, 5.41) is 12.5. The number of carbonyl (C=O) groups is 1. The smallest absolute Gasteiger partial charge is 0.327 e. The Kier molecular flexibility index (Phi) is 3.82. The highest BCUT2D eigenvalue weighted by Crippen LogP contribution is 2.28. The molecular weight excluding hydrogens is 256 g/mol. The number of piperazine rings is 1. The maximum Gasteiger partial charge on any atom is 0.327 e. The van der Waals surface area contributed by atoms with Crippen molar-refractivity contribution in [1.29, 1.82) is 0 Å². The van der Waals surface area contributed by atoms with E-state index in [4.69, 9.17) is 0 Å². The second kappa shape index (κ2) is 5.75. The van der Waals surface area contributed by atoms with Crippen molar-refractivity contribution in [3.8, 4) is 0 Å². The highest BCUT2D eigenvalue weighted by Gasteiger charge is 2.31. The molecule has 2 heterocycles. The summed E-state index contributed by atoms with van der Waals surface area (Å²) in [5.41, 5.74) is 2.27. The van der Waals surface area contributed by atoms with E-state index < -0.39 is 12.0 Å². The number of nitrogens with one attached hydrogen (secondary N) is 1. The Hall–Kier alpha value is -1.69. The van der Waals surface area contributed by atoms with Crippen molar-refractivity contribution < 1.29 is 9.90 Å². The first-order chi connectivity index (χ1) is 9.77. The van der Waals surface area contributed by atoms with Crippen molar-refractivity contribution in [3.63, 3.8) is 0 Å². The Morgan fingerprint density at radius 3 is 3.00 bits per heavy atom. The van der Waals surface area contributed by atoms with Crippen molar-refractivity contribution in [2.75, 3.05) is 24.5 Å². The Morgan fingerprint density at radius 2 is 2.15 bits per heavy atom. The zero-order valence-electron chi connectivity index (χ0n) is 11.5. The lowest BCUT2D eigenvalue weighted by molar-refractivity contribution is -0.138. The number of hydrogen-bond acceptors (Lipinski definition) is 5. The second-order valence-corrected chi connectivity index (χ2v) is 5.43. The topological polar surface area (TPSA) is 78.4 Å². The molecule has 0 bridgehead atoms. The molecule has 1 unspecified atom stereocenters. The number of fused-ring (bicyclic) bond motifs is 1. The van der Waals surface area contributed by atoms with Gasteiger partial charge in [0, 0.05) is 30.9 Å². The summed E-state index contributed by atoms with van der Waals surface area (Å²) < 4.78 is 0. The summed E-state index contributed by atoms with van der Waals surface area (Å²) in [7, 11) is 0. The van der Waals surface area contributed by atoms with E-state index in [1.807, 2.05) is 4.90 Å². The van der Waals surface area contributed by atoms with Crippen LogP contribution in [0.2, 0.25) is 0 Å². The predicted octanol–water partition coefficient (Wildman–Crippen LogP) is 0.608. The van der Waals surface area contributed by atoms with E-state index in [0.717, 1.165) is 49.3 Å². The van der Waals surface area contributed by atoms with Crippen LogP contribution in [0, 0.1) is 0 Å². The minimum Gasteiger partial charge on any atom is -0.480 e. The lowest BCUT2D eigenvalue weighted by Crippen LogP contribution is -2.55. The molecule has 1 aromatic rings. The highest BCUT2D eigenvalue weighted by atomic mass is 16.4. The van der Waals surface area contributed by atoms with Gasteiger partial charge < -0.3 is 15.3 Å². The number of aromatic nitrogens is 2. The number of carboxylic acids is 1. The number of carboxylic acid groups (broad SMARTS) is 1. The molecule has 1 aliphatic heterocycles. The van der Waals surface area contributed by atoms with E-state index in [-0.39, 0.29) is 0 Å². The normalized spacial score (nSPS) is 23.0. The first-order valence-corrected chi connectivity index (χ1v) is 7.30. The summed E-state index contributed by atoms with van der Waals surface area (Å²) in [6, 6.07) is -0.536. The fourth-order valence-electron chi connectivity index (χ4n) is 3.11. The van der Waals surface area contributed by atoms with Gasteiger partial charge in [-0.05, 0) is 25.7 Å². The van der Waals surface area contributed by atoms with Crippen LogP contribution in [0.4, 0.5) is 5.82 Å². The molecule has 1 atom stereocenters. The predicted molar refractivity (Wildman–Crippen MR) is 74.9 cm³/mol. The maximum absolute atomic E-state index is 11.4. The van der Waals surface area contributed by atoms with Crippen LogP contribution in [-0.2, 0) is 17.6 Å². The maximum atomic E-state index is 11.4. The van der Waals surface area contributed by atoms with Crippen LogP contribution in [-0.4, -0.2) is 46.7 Å². The third-order valence-corrected chi connectivity index (χ3v) is 4.15. The first-order valence-electron chi connectivity index (χ1n) is 7.30. The largest absolute Gasteiger partial charge is 0.480 e. The van der Waals surface area contributed by atoms with Gasteiger partial charge in [0.05, 0.1) is 0 Å². The van der Waals surface area contributed by atoms with Crippen molar-refractivity contribution in [1.82, 2.24) is 15.3 Å². The van der Waals surface area contributed by atoms with Gasteiger partial charge in [0.25, 0.3) is 0 Å². The van der Waals surface area contributed by atoms with Gasteiger partial charge in [-0.25, -0.2) is 14.8 Å². The lowest BCUT2D eigenvalue weighted by atomic mass is 10.1. The summed E-state index contributed by atoms with van der Waals surface area (Å²) in [5.74, 6) is 0.0454. The van der Waals surface area contributed by atoms with E-state index in [1.54, 1.807) is 6.33 Å². The lowest BCUT2D eigenvalue weighted by Gasteiger charge is -2.35. The van der Waals surface area contributed by atoms with Crippen LogP contribution >= 0.6 is 0 Å². The number of nitrogens with zero attached hydrogens (tertiary/aromatic N) is 3. The molecule has 6 heteroatoms. The van der Waals surface area contributed by atoms with Crippen molar-refractivity contribution in [2.24, 2.45) is 0 Å². The minimum absolute atomic E-state index is 0.466. The van der Waals surface area contributed by atoms with Crippen molar-refractivity contribution in [3.05, 3.63) is 17.6 Å². The molecule has 1 aliphatic carbocycles. The van der Waals surface area contributed by atoms with Crippen LogP contribution in [0.15, 0.2) is 6.33 Å². The van der Waals surface area contributed by atoms with E-state index in [0.29, 0.717) is 13.1 Å². The van der Waals surface area contributed by atoms with E-state index in [1.165, 1.54) is 6.42 Å². The van der Waals surface area contributed by atoms with Gasteiger partial charge in [-0.1, -0.05) is 6.42 Å². The van der Waals surface area contributed by atoms with Gasteiger partial charge in [0.1, 0.15) is 18.2 Å². The molecule has 3 rings (SSSR count). The van der Waals surface area contributed by atoms with E-state index >= 15 is 0 Å². The summed E-state index contributed by atoms with van der Waals surface area (Å²) in [6.07, 6.45) is 7.03. The second-order valence-electron chi connectivity index (χ2n) is 5.43. The average Bonchev–Trinajstić information content (AvgIpc) is 2.72. The number of hydrogen-bond donors (Lipinski definition) is 2. The zero-order chi connectivity index (χ0) is 13.9. The zero-order valence-corrected chi connectivity index (χ0v) is 11.5. The van der Waals surface area contributed by atoms with E-state index in [9.17, 15) is 9.90 Å². The van der Waals surface area contributed by atoms with Crippen molar-refractivity contribution >= 4 is 11.8 Å². The quantitative estimate of drug-likeness (QED) is 0.771. The molecule has 0 radical (unpaired) electrons. The molecule has 1 aromatic heterocycles. The molecular formula is C14H20N4O2. The molecule has 0 amide bonds. The molecule has 20 heavy (non-hydrogen) atoms. The number of aliphatic carboxylic acids is 1. The Morgan fingerprint density at radius 1 is 1.30 bits per heavy atom. The Labute approximate surface area is 118 Å². The number of aryl methyl sites for hydroxylation is 1. The third kappa shape index (κ3) is 2.47. The SMILES string of the molecule is O=C(O)C1CNCCN1c1ncnc2c1CCCCC2. The number of rotatable bonds is 2. The summed E-state index contributed by atoms with van der Waals surface area (Å²) in [6.45, 7) is 1.94. The molecule has 2 aliphatic rings. The molecule has 0 aromatic carbocycles. The van der Waals surface area contributed by atoms with Gasteiger partial charge in [-0.15, -0.1) is 0 Å². The number of anilines is 1. The third-order valence-electron chi connectivity index (χ3n) is 4.15. The monoisotopic (exact) mass is 276 g/mol. The van der Waals surface area contributed by atoms with Gasteiger partial charge >= 0.3 is 5.97 Å². The molecule has 108 valence electrons. The van der Waals surface area contributed by atoms with Crippen molar-refractivity contribution in [2.45, 2.75) is 38.1 Å². The van der Waals surface area contributed by atoms with Gasteiger partial charge in [0.2, 0.25) is 0 Å². The fraction of sp³-hybridized carbons (Fsp3) is 0.643. The summed E-state index contributed by atoms with van der Waals surface area (Å²) in [4.78, 5) is 22.2. The van der Waals surface area contributed by atoms with E-state index in [2.05, 4.69) is 15.3 Å². The molecule has 1 saturated heterocycles. The van der Waals surface area contributed by atoms with Crippen LogP contribution in [0.25, 0.3) is 0 Å². The molecule has 2 N–H and O–H groups in total. The minimum atomic E-state index is -0.793. The Bertz CT molecular complexity index is 506. The van der Waals surface area contributed by atoms with Gasteiger partial charge in [-0.3, -0.25) is 0 Å². The van der Waals surface area contributed by atoms with Gasteiger partial charge in [-0.2, -0.15) is 0 Å². The van der Waals surface area contributed by atoms with Crippen LogP contribution in [0.3, 0.4) is 0 Å². The highest BCUT2D eigenvalue weighted by molar-refractivity contribution is 5.79. The standard InChI is InChI=1S/C14H20N4O2/c19-14(20)12-8-15-6-7-18(12)13-10-4-2-1-3-5-11(10)16-9-17-13/h9,12,15H,1-8H2,(H,19,20). The Balaban J connectivity index is 1.98. The van der Waals surface area contributed by atoms with Gasteiger partial charge in [0.15, 0.2) is 0 Å². The molecule has 1 fully saturated rings. The van der Waals surface area contributed by atoms with Crippen LogP contribution in [0.5, 0.6) is 0 Å². The van der Waals surface area contributed by atoms with Crippen LogP contribution < -0.4 is 10.2 Å². The first kappa shape index (κ1) is 13.3. The molecule has 0 saturated carbocycles. The molecule has 0 spiro atoms. The molecule has 6 nitrogen and oxygen atoms in total. The summed E-state index contributed by atoms with van der Waals surface area (Å²) >= 11 is 0.